The van der Waals surface area contributed by atoms with Crippen LogP contribution >= 0.6 is 23.6 Å². The number of aromatic amines is 1. The van der Waals surface area contributed by atoms with E-state index in [1.54, 1.807) is 0 Å². The second-order valence-corrected chi connectivity index (χ2v) is 7.32. The van der Waals surface area contributed by atoms with Crippen molar-refractivity contribution >= 4 is 39.7 Å². The Morgan fingerprint density at radius 3 is 2.96 bits per heavy atom. The topological polar surface area (TPSA) is 66.9 Å². The molecule has 0 bridgehead atoms. The number of H-pyrrole nitrogens is 1. The van der Waals surface area contributed by atoms with E-state index in [4.69, 9.17) is 12.2 Å². The molecule has 0 spiro atoms. The van der Waals surface area contributed by atoms with Crippen molar-refractivity contribution < 1.29 is 4.79 Å². The van der Waals surface area contributed by atoms with E-state index in [9.17, 15) is 9.59 Å². The van der Waals surface area contributed by atoms with Crippen LogP contribution in [0.5, 0.6) is 0 Å². The van der Waals surface area contributed by atoms with Gasteiger partial charge in [-0.05, 0) is 36.0 Å². The lowest BCUT2D eigenvalue weighted by Gasteiger charge is -2.15. The van der Waals surface area contributed by atoms with Crippen LogP contribution in [0.3, 0.4) is 0 Å². The zero-order valence-electron chi connectivity index (χ0n) is 14.3. The fourth-order valence-electron chi connectivity index (χ4n) is 2.68. The van der Waals surface area contributed by atoms with Gasteiger partial charge in [0.15, 0.2) is 4.77 Å². The minimum absolute atomic E-state index is 0.0301. The summed E-state index contributed by atoms with van der Waals surface area (Å²) in [6.45, 7) is 5.35. The number of hydrogen-bond acceptors (Lipinski definition) is 4. The maximum absolute atomic E-state index is 12.4. The number of nitrogens with zero attached hydrogens (tertiary/aromatic N) is 1. The van der Waals surface area contributed by atoms with Crippen LogP contribution in [0.25, 0.3) is 10.2 Å². The Hall–Kier alpha value is -1.47. The van der Waals surface area contributed by atoms with Crippen LogP contribution in [0.15, 0.2) is 16.2 Å². The van der Waals surface area contributed by atoms with Crippen molar-refractivity contribution in [2.24, 2.45) is 5.92 Å². The van der Waals surface area contributed by atoms with Crippen molar-refractivity contribution in [1.82, 2.24) is 14.9 Å². The molecule has 2 aromatic heterocycles. The summed E-state index contributed by atoms with van der Waals surface area (Å²) in [4.78, 5) is 27.5. The lowest BCUT2D eigenvalue weighted by atomic mass is 9.99. The number of amides is 1. The molecule has 2 N–H and O–H groups in total. The lowest BCUT2D eigenvalue weighted by molar-refractivity contribution is -0.121. The normalized spacial score (nSPS) is 12.4. The van der Waals surface area contributed by atoms with Gasteiger partial charge in [0.25, 0.3) is 5.56 Å². The fraction of sp³-hybridized carbons (Fsp3) is 0.588. The first kappa shape index (κ1) is 18.9. The zero-order chi connectivity index (χ0) is 17.5. The standard InChI is InChI=1S/C17H25N3O2S2/c1-3-5-6-12(4-2)11-18-14(21)7-9-20-16(22)15-13(8-10-24-15)19-17(20)23/h8,10,12H,3-7,9,11H2,1-2H3,(H,18,21)(H,19,23)/t12-/m1/s1. The Morgan fingerprint density at radius 2 is 2.25 bits per heavy atom. The molecule has 0 aliphatic heterocycles. The second kappa shape index (κ2) is 9.13. The molecule has 132 valence electrons. The number of carbonyl (C=O) groups excluding carboxylic acids is 1. The highest BCUT2D eigenvalue weighted by atomic mass is 32.1. The van der Waals surface area contributed by atoms with E-state index in [2.05, 4.69) is 24.1 Å². The highest BCUT2D eigenvalue weighted by Gasteiger charge is 2.11. The van der Waals surface area contributed by atoms with Crippen LogP contribution in [0.1, 0.15) is 46.0 Å². The van der Waals surface area contributed by atoms with Crippen molar-refractivity contribution in [2.75, 3.05) is 6.54 Å². The molecule has 0 saturated heterocycles. The van der Waals surface area contributed by atoms with E-state index in [0.29, 0.717) is 28.5 Å². The number of fused-ring (bicyclic) bond motifs is 1. The number of aromatic nitrogens is 2. The monoisotopic (exact) mass is 367 g/mol. The van der Waals surface area contributed by atoms with Crippen LogP contribution in [0, 0.1) is 10.7 Å². The Morgan fingerprint density at radius 1 is 1.46 bits per heavy atom. The summed E-state index contributed by atoms with van der Waals surface area (Å²) >= 11 is 6.62. The molecule has 5 nitrogen and oxygen atoms in total. The molecular weight excluding hydrogens is 342 g/mol. The first-order valence-electron chi connectivity index (χ1n) is 8.53. The first-order chi connectivity index (χ1) is 11.6. The summed E-state index contributed by atoms with van der Waals surface area (Å²) in [5, 5.41) is 4.84. The molecule has 2 aromatic rings. The highest BCUT2D eigenvalue weighted by molar-refractivity contribution is 7.71. The largest absolute Gasteiger partial charge is 0.356 e. The van der Waals surface area contributed by atoms with Crippen LogP contribution < -0.4 is 10.9 Å². The minimum Gasteiger partial charge on any atom is -0.356 e. The quantitative estimate of drug-likeness (QED) is 0.662. The molecule has 0 aliphatic rings. The molecule has 2 heterocycles. The summed E-state index contributed by atoms with van der Waals surface area (Å²) < 4.78 is 2.49. The fourth-order valence-corrected chi connectivity index (χ4v) is 3.76. The smallest absolute Gasteiger partial charge is 0.272 e. The van der Waals surface area contributed by atoms with Crippen molar-refractivity contribution in [2.45, 2.75) is 52.5 Å². The third kappa shape index (κ3) is 4.77. The minimum atomic E-state index is -0.120. The van der Waals surface area contributed by atoms with E-state index in [1.807, 2.05) is 11.4 Å². The molecule has 0 saturated carbocycles. The number of rotatable bonds is 9. The third-order valence-corrected chi connectivity index (χ3v) is 5.51. The third-order valence-electron chi connectivity index (χ3n) is 4.29. The van der Waals surface area contributed by atoms with Gasteiger partial charge in [-0.1, -0.05) is 33.1 Å². The molecule has 2 rings (SSSR count). The number of unbranched alkanes of at least 4 members (excludes halogenated alkanes) is 1. The molecule has 0 fully saturated rings. The van der Waals surface area contributed by atoms with Gasteiger partial charge in [0.05, 0.1) is 5.52 Å². The van der Waals surface area contributed by atoms with E-state index >= 15 is 0 Å². The first-order valence-corrected chi connectivity index (χ1v) is 9.82. The van der Waals surface area contributed by atoms with Gasteiger partial charge in [-0.3, -0.25) is 14.2 Å². The molecule has 0 radical (unpaired) electrons. The SMILES string of the molecule is CCCC[C@@H](CC)CNC(=O)CCn1c(=S)[nH]c2ccsc2c1=O. The molecule has 0 unspecified atom stereocenters. The Labute approximate surface area is 151 Å². The van der Waals surface area contributed by atoms with Gasteiger partial charge in [0.2, 0.25) is 5.91 Å². The Bertz CT molecular complexity index is 791. The zero-order valence-corrected chi connectivity index (χ0v) is 15.9. The van der Waals surface area contributed by atoms with E-state index in [-0.39, 0.29) is 17.9 Å². The molecule has 7 heteroatoms. The summed E-state index contributed by atoms with van der Waals surface area (Å²) in [5.74, 6) is 0.500. The maximum Gasteiger partial charge on any atom is 0.272 e. The molecule has 1 amide bonds. The van der Waals surface area contributed by atoms with Gasteiger partial charge in [-0.2, -0.15) is 0 Å². The summed E-state index contributed by atoms with van der Waals surface area (Å²) in [6, 6.07) is 1.84. The predicted octanol–water partition coefficient (Wildman–Crippen LogP) is 3.84. The Balaban J connectivity index is 1.92. The summed E-state index contributed by atoms with van der Waals surface area (Å²) in [7, 11) is 0. The maximum atomic E-state index is 12.4. The van der Waals surface area contributed by atoms with E-state index in [0.717, 1.165) is 18.4 Å². The van der Waals surface area contributed by atoms with Gasteiger partial charge in [0.1, 0.15) is 4.70 Å². The van der Waals surface area contributed by atoms with Crippen LogP contribution in [0.2, 0.25) is 0 Å². The van der Waals surface area contributed by atoms with Crippen molar-refractivity contribution in [1.29, 1.82) is 0 Å². The van der Waals surface area contributed by atoms with Gasteiger partial charge in [0, 0.05) is 19.5 Å². The van der Waals surface area contributed by atoms with Crippen LogP contribution in [0.4, 0.5) is 0 Å². The summed E-state index contributed by atoms with van der Waals surface area (Å²) in [5.41, 5.74) is 0.642. The van der Waals surface area contributed by atoms with Crippen LogP contribution in [-0.4, -0.2) is 22.0 Å². The molecule has 1 atom stereocenters. The Kier molecular flexibility index (Phi) is 7.17. The highest BCUT2D eigenvalue weighted by Crippen LogP contribution is 2.14. The molecule has 24 heavy (non-hydrogen) atoms. The van der Waals surface area contributed by atoms with Gasteiger partial charge in [-0.15, -0.1) is 11.3 Å². The molecule has 0 aromatic carbocycles. The van der Waals surface area contributed by atoms with Crippen molar-refractivity contribution in [3.63, 3.8) is 0 Å². The van der Waals surface area contributed by atoms with E-state index in [1.165, 1.54) is 28.7 Å². The average molecular weight is 368 g/mol. The predicted molar refractivity (Wildman–Crippen MR) is 102 cm³/mol. The number of carbonyl (C=O) groups is 1. The number of nitrogens with one attached hydrogen (secondary N) is 2. The van der Waals surface area contributed by atoms with Crippen molar-refractivity contribution in [3.05, 3.63) is 26.6 Å². The lowest BCUT2D eigenvalue weighted by Crippen LogP contribution is -2.31. The second-order valence-electron chi connectivity index (χ2n) is 6.02. The van der Waals surface area contributed by atoms with Gasteiger partial charge < -0.3 is 10.3 Å². The van der Waals surface area contributed by atoms with E-state index < -0.39 is 0 Å². The molecular formula is C17H25N3O2S2. The summed E-state index contributed by atoms with van der Waals surface area (Å²) in [6.07, 6.45) is 4.85. The van der Waals surface area contributed by atoms with Crippen LogP contribution in [-0.2, 0) is 11.3 Å². The van der Waals surface area contributed by atoms with Gasteiger partial charge >= 0.3 is 0 Å². The molecule has 0 aliphatic carbocycles. The average Bonchev–Trinajstić information content (AvgIpc) is 3.03. The number of hydrogen-bond donors (Lipinski definition) is 2. The van der Waals surface area contributed by atoms with Gasteiger partial charge in [-0.25, -0.2) is 0 Å². The van der Waals surface area contributed by atoms with Crippen molar-refractivity contribution in [3.8, 4) is 0 Å². The number of thiophene rings is 1.